The number of benzene rings is 2. The highest BCUT2D eigenvalue weighted by molar-refractivity contribution is 6.30. The molecule has 3 N–H and O–H groups in total. The maximum atomic E-state index is 12.5. The maximum absolute atomic E-state index is 12.5. The van der Waals surface area contributed by atoms with Crippen molar-refractivity contribution >= 4 is 34.1 Å². The molecule has 0 aliphatic rings. The Hall–Kier alpha value is -2.37. The smallest absolute Gasteiger partial charge is 0.246 e. The zero-order valence-electron chi connectivity index (χ0n) is 11.9. The molecule has 1 heterocycles. The van der Waals surface area contributed by atoms with Crippen molar-refractivity contribution in [2.75, 3.05) is 12.4 Å². The Morgan fingerprint density at radius 3 is 2.73 bits per heavy atom. The molecule has 1 amide bonds. The van der Waals surface area contributed by atoms with E-state index in [1.807, 2.05) is 30.3 Å². The quantitative estimate of drug-likeness (QED) is 0.693. The lowest BCUT2D eigenvalue weighted by Crippen LogP contribution is -2.30. The minimum absolute atomic E-state index is 0.132. The lowest BCUT2D eigenvalue weighted by molar-refractivity contribution is -0.118. The number of carbonyl (C=O) groups is 1. The van der Waals surface area contributed by atoms with E-state index in [1.54, 1.807) is 25.4 Å². The minimum atomic E-state index is -0.447. The molecule has 0 aliphatic carbocycles. The Morgan fingerprint density at radius 1 is 1.23 bits per heavy atom. The monoisotopic (exact) mass is 314 g/mol. The van der Waals surface area contributed by atoms with Gasteiger partial charge in [0.2, 0.25) is 5.91 Å². The number of halogens is 1. The fraction of sp³-hybridized carbons (Fsp3) is 0.125. The van der Waals surface area contributed by atoms with E-state index in [9.17, 15) is 4.79 Å². The second-order valence-electron chi connectivity index (χ2n) is 4.93. The minimum Gasteiger partial charge on any atom is -0.324 e. The van der Waals surface area contributed by atoms with Gasteiger partial charge in [-0.05, 0) is 42.9 Å². The van der Waals surface area contributed by atoms with Crippen LogP contribution in [-0.4, -0.2) is 23.2 Å². The molecule has 0 saturated carbocycles. The number of fused-ring (bicyclic) bond motifs is 1. The lowest BCUT2D eigenvalue weighted by Gasteiger charge is -2.16. The van der Waals surface area contributed by atoms with Gasteiger partial charge in [-0.3, -0.25) is 9.89 Å². The van der Waals surface area contributed by atoms with Crippen LogP contribution in [0.1, 0.15) is 11.6 Å². The molecule has 112 valence electrons. The first-order valence-electron chi connectivity index (χ1n) is 6.84. The van der Waals surface area contributed by atoms with Crippen molar-refractivity contribution in [1.82, 2.24) is 15.5 Å². The van der Waals surface area contributed by atoms with Crippen molar-refractivity contribution in [2.45, 2.75) is 6.04 Å². The summed E-state index contributed by atoms with van der Waals surface area (Å²) in [5.74, 6) is -0.132. The van der Waals surface area contributed by atoms with Gasteiger partial charge in [-0.1, -0.05) is 23.7 Å². The number of likely N-dealkylation sites (N-methyl/N-ethyl adjacent to an activating group) is 1. The van der Waals surface area contributed by atoms with Crippen LogP contribution >= 0.6 is 11.6 Å². The Morgan fingerprint density at radius 2 is 2.00 bits per heavy atom. The highest BCUT2D eigenvalue weighted by atomic mass is 35.5. The van der Waals surface area contributed by atoms with Crippen LogP contribution < -0.4 is 10.6 Å². The first-order valence-corrected chi connectivity index (χ1v) is 7.22. The predicted octanol–water partition coefficient (Wildman–Crippen LogP) is 3.12. The number of anilines is 1. The van der Waals surface area contributed by atoms with Gasteiger partial charge in [0.05, 0.1) is 11.7 Å². The van der Waals surface area contributed by atoms with E-state index in [0.29, 0.717) is 5.02 Å². The van der Waals surface area contributed by atoms with E-state index in [4.69, 9.17) is 11.6 Å². The second kappa shape index (κ2) is 6.17. The van der Waals surface area contributed by atoms with Gasteiger partial charge < -0.3 is 10.6 Å². The molecule has 0 fully saturated rings. The first kappa shape index (κ1) is 14.6. The van der Waals surface area contributed by atoms with Crippen molar-refractivity contribution in [3.05, 3.63) is 59.2 Å². The molecule has 3 aromatic rings. The predicted molar refractivity (Wildman–Crippen MR) is 88.0 cm³/mol. The molecule has 1 unspecified atom stereocenters. The Bertz CT molecular complexity index is 797. The molecule has 22 heavy (non-hydrogen) atoms. The zero-order valence-corrected chi connectivity index (χ0v) is 12.7. The van der Waals surface area contributed by atoms with Crippen LogP contribution in [-0.2, 0) is 4.79 Å². The molecular formula is C16H15ClN4O. The summed E-state index contributed by atoms with van der Waals surface area (Å²) in [5.41, 5.74) is 2.52. The van der Waals surface area contributed by atoms with Gasteiger partial charge in [-0.15, -0.1) is 0 Å². The largest absolute Gasteiger partial charge is 0.324 e. The molecule has 2 aromatic carbocycles. The van der Waals surface area contributed by atoms with Crippen molar-refractivity contribution in [3.8, 4) is 0 Å². The molecule has 5 nitrogen and oxygen atoms in total. The van der Waals surface area contributed by atoms with Gasteiger partial charge in [-0.2, -0.15) is 5.10 Å². The third-order valence-corrected chi connectivity index (χ3v) is 3.71. The number of aromatic nitrogens is 2. The van der Waals surface area contributed by atoms with Gasteiger partial charge in [0.25, 0.3) is 0 Å². The number of carbonyl (C=O) groups excluding carboxylic acids is 1. The molecule has 0 radical (unpaired) electrons. The number of H-pyrrole nitrogens is 1. The van der Waals surface area contributed by atoms with Crippen LogP contribution in [0.5, 0.6) is 0 Å². The Labute approximate surface area is 132 Å². The molecule has 1 aromatic heterocycles. The second-order valence-corrected chi connectivity index (χ2v) is 5.37. The average Bonchev–Trinajstić information content (AvgIpc) is 2.97. The molecule has 0 spiro atoms. The van der Waals surface area contributed by atoms with Gasteiger partial charge in [-0.25, -0.2) is 0 Å². The zero-order chi connectivity index (χ0) is 15.5. The number of amides is 1. The van der Waals surface area contributed by atoms with Crippen LogP contribution in [0.3, 0.4) is 0 Å². The summed E-state index contributed by atoms with van der Waals surface area (Å²) in [6.45, 7) is 0. The van der Waals surface area contributed by atoms with Crippen molar-refractivity contribution in [3.63, 3.8) is 0 Å². The highest BCUT2D eigenvalue weighted by Gasteiger charge is 2.18. The third-order valence-electron chi connectivity index (χ3n) is 3.46. The van der Waals surface area contributed by atoms with Crippen LogP contribution in [0.4, 0.5) is 5.69 Å². The molecular weight excluding hydrogens is 300 g/mol. The number of aromatic amines is 1. The van der Waals surface area contributed by atoms with Gasteiger partial charge >= 0.3 is 0 Å². The third kappa shape index (κ3) is 2.95. The van der Waals surface area contributed by atoms with E-state index >= 15 is 0 Å². The molecule has 6 heteroatoms. The fourth-order valence-corrected chi connectivity index (χ4v) is 2.47. The van der Waals surface area contributed by atoms with Crippen molar-refractivity contribution in [1.29, 1.82) is 0 Å². The molecule has 0 aliphatic heterocycles. The number of rotatable bonds is 4. The van der Waals surface area contributed by atoms with E-state index < -0.39 is 6.04 Å². The van der Waals surface area contributed by atoms with Crippen LogP contribution in [0.2, 0.25) is 5.02 Å². The summed E-state index contributed by atoms with van der Waals surface area (Å²) < 4.78 is 0. The summed E-state index contributed by atoms with van der Waals surface area (Å²) in [4.78, 5) is 12.5. The van der Waals surface area contributed by atoms with Crippen LogP contribution in [0, 0.1) is 0 Å². The van der Waals surface area contributed by atoms with Gasteiger partial charge in [0.1, 0.15) is 6.04 Å². The summed E-state index contributed by atoms with van der Waals surface area (Å²) in [6, 6.07) is 12.4. The average molecular weight is 315 g/mol. The maximum Gasteiger partial charge on any atom is 0.246 e. The summed E-state index contributed by atoms with van der Waals surface area (Å²) in [5, 5.41) is 14.4. The summed E-state index contributed by atoms with van der Waals surface area (Å²) in [7, 11) is 1.75. The Balaban J connectivity index is 1.80. The number of nitrogens with zero attached hydrogens (tertiary/aromatic N) is 1. The lowest BCUT2D eigenvalue weighted by atomic mass is 10.1. The van der Waals surface area contributed by atoms with Gasteiger partial charge in [0.15, 0.2) is 0 Å². The van der Waals surface area contributed by atoms with E-state index in [0.717, 1.165) is 22.2 Å². The first-order chi connectivity index (χ1) is 10.7. The topological polar surface area (TPSA) is 69.8 Å². The van der Waals surface area contributed by atoms with Gasteiger partial charge in [0, 0.05) is 16.1 Å². The highest BCUT2D eigenvalue weighted by Crippen LogP contribution is 2.20. The van der Waals surface area contributed by atoms with Crippen LogP contribution in [0.25, 0.3) is 10.9 Å². The van der Waals surface area contributed by atoms with E-state index in [-0.39, 0.29) is 5.91 Å². The molecule has 0 bridgehead atoms. The molecule has 0 saturated heterocycles. The standard InChI is InChI=1S/C16H15ClN4O/c1-18-15(10-2-4-12(17)5-3-10)16(22)20-13-6-7-14-11(8-13)9-19-21-14/h2-9,15,18H,1H3,(H,19,21)(H,20,22). The normalized spacial score (nSPS) is 12.3. The molecule has 3 rings (SSSR count). The summed E-state index contributed by atoms with van der Waals surface area (Å²) in [6.07, 6.45) is 1.72. The number of nitrogens with one attached hydrogen (secondary N) is 3. The van der Waals surface area contributed by atoms with Crippen LogP contribution in [0.15, 0.2) is 48.7 Å². The van der Waals surface area contributed by atoms with Crippen molar-refractivity contribution < 1.29 is 4.79 Å². The Kier molecular flexibility index (Phi) is 4.09. The number of hydrogen-bond acceptors (Lipinski definition) is 3. The van der Waals surface area contributed by atoms with E-state index in [2.05, 4.69) is 20.8 Å². The summed E-state index contributed by atoms with van der Waals surface area (Å²) >= 11 is 5.88. The van der Waals surface area contributed by atoms with Crippen molar-refractivity contribution in [2.24, 2.45) is 0 Å². The number of hydrogen-bond donors (Lipinski definition) is 3. The fourth-order valence-electron chi connectivity index (χ4n) is 2.34. The SMILES string of the molecule is CNC(C(=O)Nc1ccc2[nH]ncc2c1)c1ccc(Cl)cc1. The van der Waals surface area contributed by atoms with E-state index in [1.165, 1.54) is 0 Å². The molecule has 1 atom stereocenters.